The molecule has 0 spiro atoms. The van der Waals surface area contributed by atoms with Crippen molar-refractivity contribution in [3.05, 3.63) is 78.0 Å². The lowest BCUT2D eigenvalue weighted by atomic mass is 9.97. The second-order valence-electron chi connectivity index (χ2n) is 5.89. The highest BCUT2D eigenvalue weighted by molar-refractivity contribution is 7.89. The molecule has 2 atom stereocenters. The summed E-state index contributed by atoms with van der Waals surface area (Å²) in [5, 5.41) is 10.3. The summed E-state index contributed by atoms with van der Waals surface area (Å²) in [6.45, 7) is 3.76. The van der Waals surface area contributed by atoms with Gasteiger partial charge in [-0.05, 0) is 24.6 Å². The summed E-state index contributed by atoms with van der Waals surface area (Å²) in [5.74, 6) is -0.219. The number of aliphatic hydroxyl groups is 1. The summed E-state index contributed by atoms with van der Waals surface area (Å²) in [6.07, 6.45) is 2.51. The van der Waals surface area contributed by atoms with Gasteiger partial charge in [0.05, 0.1) is 11.0 Å². The van der Waals surface area contributed by atoms with Crippen LogP contribution in [0.4, 0.5) is 0 Å². The van der Waals surface area contributed by atoms with Crippen LogP contribution in [0.3, 0.4) is 0 Å². The Bertz CT molecular complexity index is 783. The summed E-state index contributed by atoms with van der Waals surface area (Å²) in [6, 6.07) is 16.0. The van der Waals surface area contributed by atoms with Crippen molar-refractivity contribution < 1.29 is 13.5 Å². The zero-order chi connectivity index (χ0) is 17.7. The van der Waals surface area contributed by atoms with Gasteiger partial charge in [-0.25, -0.2) is 8.42 Å². The fraction of sp³-hybridized carbons (Fsp3) is 0.263. The van der Waals surface area contributed by atoms with Gasteiger partial charge in [0.1, 0.15) is 0 Å². The Labute approximate surface area is 144 Å². The maximum absolute atomic E-state index is 12.5. The third-order valence-electron chi connectivity index (χ3n) is 3.94. The molecule has 0 amide bonds. The van der Waals surface area contributed by atoms with Gasteiger partial charge >= 0.3 is 0 Å². The molecule has 1 N–H and O–H groups in total. The first kappa shape index (κ1) is 18.2. The standard InChI is InChI=1S/C19H23NO3S/c1-15-9-11-18(12-10-15)24(22,23)20(3)14-13-16(2)19(21)17-7-5-4-6-8-17/h4-14,16,19,21H,1-3H3/b14-13-/t16-,19-/m0/s1. The predicted octanol–water partition coefficient (Wildman–Crippen LogP) is 3.50. The van der Waals surface area contributed by atoms with E-state index in [9.17, 15) is 13.5 Å². The topological polar surface area (TPSA) is 57.6 Å². The summed E-state index contributed by atoms with van der Waals surface area (Å²) >= 11 is 0. The van der Waals surface area contributed by atoms with Crippen molar-refractivity contribution >= 4 is 10.0 Å². The molecule has 0 aliphatic heterocycles. The maximum atomic E-state index is 12.5. The Morgan fingerprint density at radius 2 is 1.62 bits per heavy atom. The van der Waals surface area contributed by atoms with Crippen LogP contribution in [0.15, 0.2) is 71.8 Å². The molecule has 2 aromatic rings. The van der Waals surface area contributed by atoms with Crippen LogP contribution < -0.4 is 0 Å². The second-order valence-corrected chi connectivity index (χ2v) is 7.89. The summed E-state index contributed by atoms with van der Waals surface area (Å²) in [4.78, 5) is 0.247. The zero-order valence-electron chi connectivity index (χ0n) is 14.1. The third kappa shape index (κ3) is 4.24. The molecule has 0 fully saturated rings. The van der Waals surface area contributed by atoms with Crippen LogP contribution in [0.25, 0.3) is 0 Å². The molecule has 2 aromatic carbocycles. The van der Waals surface area contributed by atoms with Crippen LogP contribution in [-0.2, 0) is 10.0 Å². The number of sulfonamides is 1. The van der Waals surface area contributed by atoms with E-state index in [1.54, 1.807) is 30.3 Å². The normalized spacial score (nSPS) is 14.5. The van der Waals surface area contributed by atoms with Crippen molar-refractivity contribution in [3.63, 3.8) is 0 Å². The quantitative estimate of drug-likeness (QED) is 0.872. The Balaban J connectivity index is 2.11. The van der Waals surface area contributed by atoms with Crippen LogP contribution in [0, 0.1) is 12.8 Å². The van der Waals surface area contributed by atoms with Gasteiger partial charge in [-0.15, -0.1) is 0 Å². The van der Waals surface area contributed by atoms with Crippen molar-refractivity contribution in [2.75, 3.05) is 7.05 Å². The zero-order valence-corrected chi connectivity index (χ0v) is 14.9. The molecular weight excluding hydrogens is 322 g/mol. The van der Waals surface area contributed by atoms with Gasteiger partial charge < -0.3 is 5.11 Å². The molecule has 4 nitrogen and oxygen atoms in total. The molecule has 0 aromatic heterocycles. The van der Waals surface area contributed by atoms with E-state index in [2.05, 4.69) is 0 Å². The number of hydrogen-bond acceptors (Lipinski definition) is 3. The minimum Gasteiger partial charge on any atom is -0.388 e. The molecular formula is C19H23NO3S. The van der Waals surface area contributed by atoms with E-state index in [4.69, 9.17) is 0 Å². The van der Waals surface area contributed by atoms with Gasteiger partial charge in [-0.1, -0.05) is 61.0 Å². The number of aliphatic hydroxyl groups excluding tert-OH is 1. The molecule has 128 valence electrons. The van der Waals surface area contributed by atoms with Crippen molar-refractivity contribution in [1.29, 1.82) is 0 Å². The highest BCUT2D eigenvalue weighted by Gasteiger charge is 2.19. The number of aryl methyl sites for hydroxylation is 1. The Hall–Kier alpha value is -2.11. The lowest BCUT2D eigenvalue weighted by Gasteiger charge is -2.19. The van der Waals surface area contributed by atoms with Gasteiger partial charge in [0.15, 0.2) is 0 Å². The Morgan fingerprint density at radius 3 is 2.21 bits per heavy atom. The molecule has 2 rings (SSSR count). The van der Waals surface area contributed by atoms with Gasteiger partial charge in [0, 0.05) is 19.2 Å². The number of nitrogens with zero attached hydrogens (tertiary/aromatic N) is 1. The molecule has 0 saturated carbocycles. The van der Waals surface area contributed by atoms with Crippen molar-refractivity contribution in [2.45, 2.75) is 24.8 Å². The van der Waals surface area contributed by atoms with Gasteiger partial charge in [-0.3, -0.25) is 4.31 Å². The van der Waals surface area contributed by atoms with E-state index < -0.39 is 16.1 Å². The van der Waals surface area contributed by atoms with Crippen LogP contribution in [0.1, 0.15) is 24.2 Å². The molecule has 0 saturated heterocycles. The van der Waals surface area contributed by atoms with Gasteiger partial charge in [-0.2, -0.15) is 0 Å². The lowest BCUT2D eigenvalue weighted by molar-refractivity contribution is 0.139. The van der Waals surface area contributed by atoms with E-state index >= 15 is 0 Å². The molecule has 0 unspecified atom stereocenters. The first-order valence-corrected chi connectivity index (χ1v) is 9.22. The number of benzene rings is 2. The molecule has 0 heterocycles. The Morgan fingerprint density at radius 1 is 1.04 bits per heavy atom. The fourth-order valence-corrected chi connectivity index (χ4v) is 3.32. The highest BCUT2D eigenvalue weighted by atomic mass is 32.2. The molecule has 5 heteroatoms. The third-order valence-corrected chi connectivity index (χ3v) is 5.68. The number of rotatable bonds is 6. The van der Waals surface area contributed by atoms with Crippen molar-refractivity contribution in [3.8, 4) is 0 Å². The smallest absolute Gasteiger partial charge is 0.263 e. The number of hydrogen-bond donors (Lipinski definition) is 1. The molecule has 0 aliphatic rings. The van der Waals surface area contributed by atoms with E-state index in [0.29, 0.717) is 0 Å². The highest BCUT2D eigenvalue weighted by Crippen LogP contribution is 2.23. The summed E-state index contributed by atoms with van der Waals surface area (Å²) in [5.41, 5.74) is 1.81. The fourth-order valence-electron chi connectivity index (χ4n) is 2.27. The monoisotopic (exact) mass is 345 g/mol. The van der Waals surface area contributed by atoms with Gasteiger partial charge in [0.25, 0.3) is 10.0 Å². The average molecular weight is 345 g/mol. The summed E-state index contributed by atoms with van der Waals surface area (Å²) < 4.78 is 26.2. The SMILES string of the molecule is Cc1ccc(S(=O)(=O)N(C)/C=C\[C@H](C)[C@H](O)c2ccccc2)cc1. The van der Waals surface area contributed by atoms with E-state index in [-0.39, 0.29) is 10.8 Å². The van der Waals surface area contributed by atoms with Crippen LogP contribution in [-0.4, -0.2) is 24.9 Å². The van der Waals surface area contributed by atoms with Crippen molar-refractivity contribution in [2.24, 2.45) is 5.92 Å². The maximum Gasteiger partial charge on any atom is 0.263 e. The van der Waals surface area contributed by atoms with Crippen LogP contribution in [0.2, 0.25) is 0 Å². The first-order chi connectivity index (χ1) is 11.3. The van der Waals surface area contributed by atoms with Crippen LogP contribution >= 0.6 is 0 Å². The van der Waals surface area contributed by atoms with E-state index in [0.717, 1.165) is 11.1 Å². The van der Waals surface area contributed by atoms with Crippen LogP contribution in [0.5, 0.6) is 0 Å². The minimum atomic E-state index is -3.58. The molecule has 0 bridgehead atoms. The van der Waals surface area contributed by atoms with E-state index in [1.807, 2.05) is 44.2 Å². The second kappa shape index (κ2) is 7.64. The minimum absolute atomic E-state index is 0.219. The van der Waals surface area contributed by atoms with E-state index in [1.165, 1.54) is 17.6 Å². The summed E-state index contributed by atoms with van der Waals surface area (Å²) in [7, 11) is -2.08. The predicted molar refractivity (Wildman–Crippen MR) is 95.8 cm³/mol. The first-order valence-electron chi connectivity index (χ1n) is 7.78. The average Bonchev–Trinajstić information content (AvgIpc) is 2.59. The molecule has 0 aliphatic carbocycles. The largest absolute Gasteiger partial charge is 0.388 e. The Kier molecular flexibility index (Phi) is 5.80. The van der Waals surface area contributed by atoms with Crippen molar-refractivity contribution in [1.82, 2.24) is 4.31 Å². The van der Waals surface area contributed by atoms with Gasteiger partial charge in [0.2, 0.25) is 0 Å². The molecule has 0 radical (unpaired) electrons. The lowest BCUT2D eigenvalue weighted by Crippen LogP contribution is -2.22. The molecule has 24 heavy (non-hydrogen) atoms.